The van der Waals surface area contributed by atoms with Crippen LogP contribution in [-0.2, 0) is 16.1 Å². The van der Waals surface area contributed by atoms with Crippen LogP contribution in [-0.4, -0.2) is 33.4 Å². The third-order valence-electron chi connectivity index (χ3n) is 4.28. The highest BCUT2D eigenvalue weighted by Gasteiger charge is 2.28. The van der Waals surface area contributed by atoms with Crippen LogP contribution in [0.25, 0.3) is 0 Å². The van der Waals surface area contributed by atoms with Gasteiger partial charge in [0, 0.05) is 31.4 Å². The average molecular weight is 304 g/mol. The fourth-order valence-electron chi connectivity index (χ4n) is 2.96. The quantitative estimate of drug-likeness (QED) is 0.877. The van der Waals surface area contributed by atoms with Gasteiger partial charge in [0.25, 0.3) is 0 Å². The molecule has 1 amide bonds. The van der Waals surface area contributed by atoms with Crippen molar-refractivity contribution in [1.29, 1.82) is 0 Å². The van der Waals surface area contributed by atoms with Gasteiger partial charge in [-0.15, -0.1) is 0 Å². The lowest BCUT2D eigenvalue weighted by Crippen LogP contribution is -2.40. The molecule has 0 spiro atoms. The van der Waals surface area contributed by atoms with Crippen LogP contribution in [0.15, 0.2) is 24.5 Å². The summed E-state index contributed by atoms with van der Waals surface area (Å²) in [5.41, 5.74) is 0.934. The summed E-state index contributed by atoms with van der Waals surface area (Å²) in [5.74, 6) is -1.29. The predicted octanol–water partition coefficient (Wildman–Crippen LogP) is 2.71. The first-order valence-electron chi connectivity index (χ1n) is 7.98. The van der Waals surface area contributed by atoms with Gasteiger partial charge < -0.3 is 10.0 Å². The Bertz CT molecular complexity index is 498. The molecule has 1 aliphatic carbocycles. The molecule has 1 aliphatic rings. The molecule has 2 rings (SSSR count). The average Bonchev–Trinajstić information content (AvgIpc) is 2.55. The number of carboxylic acid groups (broad SMARTS) is 1. The van der Waals surface area contributed by atoms with Crippen molar-refractivity contribution in [2.75, 3.05) is 6.54 Å². The zero-order valence-electron chi connectivity index (χ0n) is 13.1. The van der Waals surface area contributed by atoms with Crippen molar-refractivity contribution in [1.82, 2.24) is 9.88 Å². The molecule has 0 bridgehead atoms. The van der Waals surface area contributed by atoms with Gasteiger partial charge in [0.2, 0.25) is 5.91 Å². The van der Waals surface area contributed by atoms with E-state index in [2.05, 4.69) is 4.98 Å². The molecule has 1 fully saturated rings. The molecule has 1 aromatic heterocycles. The number of rotatable bonds is 6. The molecule has 1 atom stereocenters. The standard InChI is InChI=1S/C17H24N2O3/c1-13(17(21)22)11-19(12-14-6-5-9-18-10-14)16(20)15-7-3-2-4-8-15/h5-6,9-10,13,15H,2-4,7-8,11-12H2,1H3,(H,21,22). The van der Waals surface area contributed by atoms with Crippen LogP contribution < -0.4 is 0 Å². The molecule has 5 heteroatoms. The van der Waals surface area contributed by atoms with Gasteiger partial charge in [-0.1, -0.05) is 32.3 Å². The Morgan fingerprint density at radius 1 is 1.36 bits per heavy atom. The second-order valence-corrected chi connectivity index (χ2v) is 6.15. The number of aromatic nitrogens is 1. The smallest absolute Gasteiger partial charge is 0.308 e. The first kappa shape index (κ1) is 16.5. The molecule has 1 unspecified atom stereocenters. The summed E-state index contributed by atoms with van der Waals surface area (Å²) in [4.78, 5) is 29.7. The number of hydrogen-bond donors (Lipinski definition) is 1. The molecule has 1 heterocycles. The maximum atomic E-state index is 12.8. The van der Waals surface area contributed by atoms with Gasteiger partial charge >= 0.3 is 5.97 Å². The lowest BCUT2D eigenvalue weighted by Gasteiger charge is -2.30. The van der Waals surface area contributed by atoms with Crippen molar-refractivity contribution < 1.29 is 14.7 Å². The molecule has 1 N–H and O–H groups in total. The molecule has 0 aliphatic heterocycles. The van der Waals surface area contributed by atoms with Gasteiger partial charge in [-0.2, -0.15) is 0 Å². The second kappa shape index (κ2) is 7.92. The SMILES string of the molecule is CC(CN(Cc1cccnc1)C(=O)C1CCCCC1)C(=O)O. The zero-order valence-corrected chi connectivity index (χ0v) is 13.1. The molecule has 1 aromatic rings. The molecule has 0 aromatic carbocycles. The summed E-state index contributed by atoms with van der Waals surface area (Å²) in [5, 5.41) is 9.14. The van der Waals surface area contributed by atoms with Crippen LogP contribution in [0.1, 0.15) is 44.6 Å². The van der Waals surface area contributed by atoms with Crippen LogP contribution >= 0.6 is 0 Å². The number of hydrogen-bond acceptors (Lipinski definition) is 3. The summed E-state index contributed by atoms with van der Waals surface area (Å²) < 4.78 is 0. The van der Waals surface area contributed by atoms with Crippen molar-refractivity contribution in [2.45, 2.75) is 45.6 Å². The van der Waals surface area contributed by atoms with Crippen LogP contribution in [0, 0.1) is 11.8 Å². The number of carbonyl (C=O) groups excluding carboxylic acids is 1. The van der Waals surface area contributed by atoms with Crippen molar-refractivity contribution in [3.8, 4) is 0 Å². The summed E-state index contributed by atoms with van der Waals surface area (Å²) >= 11 is 0. The topological polar surface area (TPSA) is 70.5 Å². The monoisotopic (exact) mass is 304 g/mol. The summed E-state index contributed by atoms with van der Waals surface area (Å²) in [6.45, 7) is 2.33. The third kappa shape index (κ3) is 4.55. The number of nitrogens with zero attached hydrogens (tertiary/aromatic N) is 2. The minimum absolute atomic E-state index is 0.0476. The van der Waals surface area contributed by atoms with Crippen LogP contribution in [0.5, 0.6) is 0 Å². The minimum atomic E-state index is -0.868. The Morgan fingerprint density at radius 2 is 2.09 bits per heavy atom. The number of amides is 1. The van der Waals surface area contributed by atoms with E-state index in [1.807, 2.05) is 12.1 Å². The molecular weight excluding hydrogens is 280 g/mol. The van der Waals surface area contributed by atoms with Gasteiger partial charge in [-0.25, -0.2) is 0 Å². The largest absolute Gasteiger partial charge is 0.481 e. The highest BCUT2D eigenvalue weighted by molar-refractivity contribution is 5.80. The lowest BCUT2D eigenvalue weighted by atomic mass is 9.88. The summed E-state index contributed by atoms with van der Waals surface area (Å²) in [6, 6.07) is 3.75. The highest BCUT2D eigenvalue weighted by Crippen LogP contribution is 2.26. The van der Waals surface area contributed by atoms with E-state index in [1.54, 1.807) is 24.2 Å². The van der Waals surface area contributed by atoms with E-state index < -0.39 is 11.9 Å². The number of carboxylic acids is 1. The predicted molar refractivity (Wildman–Crippen MR) is 83.0 cm³/mol. The van der Waals surface area contributed by atoms with E-state index >= 15 is 0 Å². The lowest BCUT2D eigenvalue weighted by molar-refractivity contribution is -0.144. The molecule has 1 saturated carbocycles. The van der Waals surface area contributed by atoms with E-state index in [-0.39, 0.29) is 18.4 Å². The maximum absolute atomic E-state index is 12.8. The van der Waals surface area contributed by atoms with Crippen LogP contribution in [0.2, 0.25) is 0 Å². The Labute approximate surface area is 131 Å². The van der Waals surface area contributed by atoms with Gasteiger partial charge in [-0.05, 0) is 24.5 Å². The zero-order chi connectivity index (χ0) is 15.9. The third-order valence-corrected chi connectivity index (χ3v) is 4.28. The van der Waals surface area contributed by atoms with Crippen molar-refractivity contribution >= 4 is 11.9 Å². The van der Waals surface area contributed by atoms with Crippen molar-refractivity contribution in [2.24, 2.45) is 11.8 Å². The molecular formula is C17H24N2O3. The van der Waals surface area contributed by atoms with Gasteiger partial charge in [0.1, 0.15) is 0 Å². The number of carbonyl (C=O) groups is 2. The van der Waals surface area contributed by atoms with E-state index in [4.69, 9.17) is 5.11 Å². The highest BCUT2D eigenvalue weighted by atomic mass is 16.4. The van der Waals surface area contributed by atoms with E-state index in [0.29, 0.717) is 6.54 Å². The molecule has 0 saturated heterocycles. The first-order valence-corrected chi connectivity index (χ1v) is 7.98. The second-order valence-electron chi connectivity index (χ2n) is 6.15. The number of pyridine rings is 1. The normalized spacial score (nSPS) is 17.0. The first-order chi connectivity index (χ1) is 10.6. The Kier molecular flexibility index (Phi) is 5.92. The fourth-order valence-corrected chi connectivity index (χ4v) is 2.96. The van der Waals surface area contributed by atoms with E-state index in [9.17, 15) is 9.59 Å². The Hall–Kier alpha value is -1.91. The van der Waals surface area contributed by atoms with E-state index in [1.165, 1.54) is 6.42 Å². The molecule has 120 valence electrons. The van der Waals surface area contributed by atoms with Gasteiger partial charge in [0.05, 0.1) is 5.92 Å². The van der Waals surface area contributed by atoms with Crippen LogP contribution in [0.3, 0.4) is 0 Å². The Balaban J connectivity index is 2.09. The molecule has 22 heavy (non-hydrogen) atoms. The van der Waals surface area contributed by atoms with Crippen LogP contribution in [0.4, 0.5) is 0 Å². The molecule has 0 radical (unpaired) electrons. The van der Waals surface area contributed by atoms with E-state index in [0.717, 1.165) is 31.2 Å². The molecule has 5 nitrogen and oxygen atoms in total. The summed E-state index contributed by atoms with van der Waals surface area (Å²) in [7, 11) is 0. The minimum Gasteiger partial charge on any atom is -0.481 e. The summed E-state index contributed by atoms with van der Waals surface area (Å²) in [6.07, 6.45) is 8.63. The number of aliphatic carboxylic acids is 1. The van der Waals surface area contributed by atoms with Crippen molar-refractivity contribution in [3.63, 3.8) is 0 Å². The maximum Gasteiger partial charge on any atom is 0.308 e. The van der Waals surface area contributed by atoms with Gasteiger partial charge in [0.15, 0.2) is 0 Å². The fraction of sp³-hybridized carbons (Fsp3) is 0.588. The Morgan fingerprint density at radius 3 is 2.68 bits per heavy atom. The van der Waals surface area contributed by atoms with Gasteiger partial charge in [-0.3, -0.25) is 14.6 Å². The van der Waals surface area contributed by atoms with Crippen molar-refractivity contribution in [3.05, 3.63) is 30.1 Å².